The molecule has 0 atom stereocenters. The highest BCUT2D eigenvalue weighted by Gasteiger charge is 2.19. The number of likely N-dealkylation sites (tertiary alicyclic amines) is 1. The van der Waals surface area contributed by atoms with Gasteiger partial charge in [-0.05, 0) is 40.1 Å². The molecule has 28 heavy (non-hydrogen) atoms. The van der Waals surface area contributed by atoms with E-state index in [-0.39, 0.29) is 11.8 Å². The summed E-state index contributed by atoms with van der Waals surface area (Å²) in [5, 5.41) is 6.75. The number of benzene rings is 2. The molecule has 0 radical (unpaired) electrons. The Bertz CT molecular complexity index is 965. The maximum atomic E-state index is 12.2. The Morgan fingerprint density at radius 3 is 2.61 bits per heavy atom. The molecule has 0 bridgehead atoms. The molecule has 0 aliphatic carbocycles. The van der Waals surface area contributed by atoms with E-state index in [1.54, 1.807) is 0 Å². The lowest BCUT2D eigenvalue weighted by Gasteiger charge is -2.16. The molecule has 142 valence electrons. The zero-order chi connectivity index (χ0) is 19.3. The number of nitrogens with one attached hydrogen (secondary N) is 1. The summed E-state index contributed by atoms with van der Waals surface area (Å²) in [5.74, 6) is 0.192. The zero-order valence-electron chi connectivity index (χ0n) is 15.6. The van der Waals surface area contributed by atoms with Crippen molar-refractivity contribution >= 4 is 23.2 Å². The Balaban J connectivity index is 1.46. The summed E-state index contributed by atoms with van der Waals surface area (Å²) in [4.78, 5) is 26.0. The molecule has 2 heterocycles. The fraction of sp³-hybridized carbons (Fsp3) is 0.217. The smallest absolute Gasteiger partial charge is 0.252 e. The van der Waals surface area contributed by atoms with E-state index in [4.69, 9.17) is 0 Å². The predicted octanol–water partition coefficient (Wildman–Crippen LogP) is 4.47. The van der Waals surface area contributed by atoms with Crippen molar-refractivity contribution in [2.45, 2.75) is 25.9 Å². The van der Waals surface area contributed by atoms with E-state index in [1.807, 2.05) is 39.9 Å². The number of thiophene rings is 1. The van der Waals surface area contributed by atoms with Gasteiger partial charge in [-0.15, -0.1) is 0 Å². The number of hydrogen-bond acceptors (Lipinski definition) is 3. The van der Waals surface area contributed by atoms with Crippen molar-refractivity contribution in [2.24, 2.45) is 0 Å². The van der Waals surface area contributed by atoms with Crippen molar-refractivity contribution in [1.82, 2.24) is 10.2 Å². The molecule has 1 N–H and O–H groups in total. The first-order chi connectivity index (χ1) is 13.7. The minimum atomic E-state index is -0.0540. The van der Waals surface area contributed by atoms with Gasteiger partial charge in [0.15, 0.2) is 0 Å². The van der Waals surface area contributed by atoms with E-state index in [9.17, 15) is 9.59 Å². The van der Waals surface area contributed by atoms with Crippen LogP contribution in [0.25, 0.3) is 11.1 Å². The Labute approximate surface area is 168 Å². The maximum Gasteiger partial charge on any atom is 0.252 e. The minimum absolute atomic E-state index is 0.0540. The van der Waals surface area contributed by atoms with E-state index in [0.29, 0.717) is 25.1 Å². The van der Waals surface area contributed by atoms with E-state index in [1.165, 1.54) is 11.3 Å². The number of nitrogens with zero attached hydrogens (tertiary/aromatic N) is 1. The van der Waals surface area contributed by atoms with Crippen molar-refractivity contribution in [3.8, 4) is 11.1 Å². The van der Waals surface area contributed by atoms with Gasteiger partial charge in [0.25, 0.3) is 5.91 Å². The van der Waals surface area contributed by atoms with Crippen molar-refractivity contribution < 1.29 is 9.59 Å². The van der Waals surface area contributed by atoms with Crippen molar-refractivity contribution in [1.29, 1.82) is 0 Å². The minimum Gasteiger partial charge on any atom is -0.348 e. The summed E-state index contributed by atoms with van der Waals surface area (Å²) in [6.45, 7) is 2.01. The van der Waals surface area contributed by atoms with Crippen LogP contribution in [-0.2, 0) is 17.9 Å². The Morgan fingerprint density at radius 1 is 1.07 bits per heavy atom. The molecule has 1 aromatic heterocycles. The van der Waals surface area contributed by atoms with Crippen LogP contribution in [0.1, 0.15) is 34.3 Å². The van der Waals surface area contributed by atoms with Crippen molar-refractivity contribution in [3.05, 3.63) is 82.0 Å². The van der Waals surface area contributed by atoms with Crippen LogP contribution in [0.4, 0.5) is 0 Å². The van der Waals surface area contributed by atoms with Crippen LogP contribution in [0, 0.1) is 0 Å². The monoisotopic (exact) mass is 390 g/mol. The Kier molecular flexibility index (Phi) is 5.53. The number of carbonyl (C=O) groups excluding carboxylic acids is 2. The lowest BCUT2D eigenvalue weighted by Crippen LogP contribution is -2.23. The first-order valence-electron chi connectivity index (χ1n) is 9.46. The van der Waals surface area contributed by atoms with Gasteiger partial charge in [0.05, 0.1) is 0 Å². The van der Waals surface area contributed by atoms with Crippen molar-refractivity contribution in [2.75, 3.05) is 6.54 Å². The van der Waals surface area contributed by atoms with Crippen molar-refractivity contribution in [3.63, 3.8) is 0 Å². The van der Waals surface area contributed by atoms with Crippen LogP contribution in [0.5, 0.6) is 0 Å². The van der Waals surface area contributed by atoms with Crippen LogP contribution in [0.2, 0.25) is 0 Å². The van der Waals surface area contributed by atoms with Gasteiger partial charge in [0.1, 0.15) is 0 Å². The Morgan fingerprint density at radius 2 is 1.89 bits per heavy atom. The largest absolute Gasteiger partial charge is 0.348 e. The normalized spacial score (nSPS) is 13.7. The number of rotatable bonds is 6. The third-order valence-corrected chi connectivity index (χ3v) is 5.73. The average molecular weight is 391 g/mol. The van der Waals surface area contributed by atoms with Gasteiger partial charge in [0.2, 0.25) is 5.91 Å². The molecular formula is C23H22N2O2S. The molecule has 4 rings (SSSR count). The van der Waals surface area contributed by atoms with E-state index in [2.05, 4.69) is 35.6 Å². The molecule has 1 aliphatic rings. The van der Waals surface area contributed by atoms with Gasteiger partial charge in [-0.2, -0.15) is 11.3 Å². The molecule has 0 spiro atoms. The second kappa shape index (κ2) is 8.40. The maximum absolute atomic E-state index is 12.2. The van der Waals surface area contributed by atoms with Gasteiger partial charge < -0.3 is 10.2 Å². The van der Waals surface area contributed by atoms with Gasteiger partial charge in [0, 0.05) is 37.0 Å². The third-order valence-electron chi connectivity index (χ3n) is 5.05. The molecule has 1 aliphatic heterocycles. The van der Waals surface area contributed by atoms with Crippen LogP contribution in [-0.4, -0.2) is 23.3 Å². The third kappa shape index (κ3) is 4.15. The predicted molar refractivity (Wildman–Crippen MR) is 112 cm³/mol. The van der Waals surface area contributed by atoms with E-state index in [0.717, 1.165) is 35.2 Å². The highest BCUT2D eigenvalue weighted by atomic mass is 32.1. The first-order valence-corrected chi connectivity index (χ1v) is 10.4. The van der Waals surface area contributed by atoms with Gasteiger partial charge in [-0.25, -0.2) is 0 Å². The summed E-state index contributed by atoms with van der Waals surface area (Å²) in [5.41, 5.74) is 5.13. The zero-order valence-corrected chi connectivity index (χ0v) is 16.4. The molecule has 0 unspecified atom stereocenters. The van der Waals surface area contributed by atoms with Gasteiger partial charge >= 0.3 is 0 Å². The van der Waals surface area contributed by atoms with Crippen LogP contribution >= 0.6 is 11.3 Å². The van der Waals surface area contributed by atoms with Crippen LogP contribution < -0.4 is 5.32 Å². The number of amides is 2. The van der Waals surface area contributed by atoms with Gasteiger partial charge in [-0.1, -0.05) is 48.5 Å². The molecule has 0 saturated carbocycles. The molecule has 5 heteroatoms. The molecule has 2 amide bonds. The topological polar surface area (TPSA) is 49.4 Å². The molecule has 2 aromatic carbocycles. The van der Waals surface area contributed by atoms with E-state index >= 15 is 0 Å². The average Bonchev–Trinajstić information content (AvgIpc) is 3.40. The van der Waals surface area contributed by atoms with E-state index < -0.39 is 0 Å². The summed E-state index contributed by atoms with van der Waals surface area (Å²) < 4.78 is 0. The van der Waals surface area contributed by atoms with Gasteiger partial charge in [-0.3, -0.25) is 9.59 Å². The highest BCUT2D eigenvalue weighted by molar-refractivity contribution is 7.08. The van der Waals surface area contributed by atoms with Crippen LogP contribution in [0.15, 0.2) is 65.4 Å². The summed E-state index contributed by atoms with van der Waals surface area (Å²) >= 11 is 1.52. The molecule has 1 fully saturated rings. The molecule has 3 aromatic rings. The van der Waals surface area contributed by atoms with Crippen LogP contribution in [0.3, 0.4) is 0 Å². The molecule has 1 saturated heterocycles. The Hall–Kier alpha value is -2.92. The quantitative estimate of drug-likeness (QED) is 0.675. The summed E-state index contributed by atoms with van der Waals surface area (Å²) in [6, 6.07) is 18.3. The number of hydrogen-bond donors (Lipinski definition) is 1. The lowest BCUT2D eigenvalue weighted by atomic mass is 9.98. The highest BCUT2D eigenvalue weighted by Crippen LogP contribution is 2.25. The summed E-state index contributed by atoms with van der Waals surface area (Å²) in [7, 11) is 0. The second-order valence-electron chi connectivity index (χ2n) is 6.97. The SMILES string of the molecule is O=C(NCc1ccccc1-c1ccc(CN2CCCC2=O)cc1)c1ccsc1. The second-order valence-corrected chi connectivity index (χ2v) is 7.75. The molecular weight excluding hydrogens is 368 g/mol. The standard InChI is InChI=1S/C23H22N2O2S/c26-22-6-3-12-25(22)15-17-7-9-18(10-8-17)21-5-2-1-4-19(21)14-24-23(27)20-11-13-28-16-20/h1-2,4-5,7-11,13,16H,3,6,12,14-15H2,(H,24,27). The fourth-order valence-electron chi connectivity index (χ4n) is 3.51. The fourth-order valence-corrected chi connectivity index (χ4v) is 4.14. The first kappa shape index (κ1) is 18.4. The molecule has 4 nitrogen and oxygen atoms in total. The number of carbonyl (C=O) groups is 2. The lowest BCUT2D eigenvalue weighted by molar-refractivity contribution is -0.128. The summed E-state index contributed by atoms with van der Waals surface area (Å²) in [6.07, 6.45) is 1.63.